The topological polar surface area (TPSA) is 90.7 Å². The molecule has 0 aliphatic heterocycles. The molecule has 32 heavy (non-hydrogen) atoms. The summed E-state index contributed by atoms with van der Waals surface area (Å²) in [7, 11) is -5.78. The lowest BCUT2D eigenvalue weighted by atomic mass is 10.0. The molecule has 0 aliphatic rings. The Morgan fingerprint density at radius 2 is 1.59 bits per heavy atom. The zero-order chi connectivity index (χ0) is 24.8. The van der Waals surface area contributed by atoms with Crippen LogP contribution in [0.15, 0.2) is 28.9 Å². The Balaban J connectivity index is 2.12. The quantitative estimate of drug-likeness (QED) is 0.274. The van der Waals surface area contributed by atoms with Crippen molar-refractivity contribution in [1.29, 1.82) is 0 Å². The van der Waals surface area contributed by atoms with Crippen LogP contribution in [-0.2, 0) is 27.3 Å². The molecular weight excluding hydrogens is 585 g/mol. The summed E-state index contributed by atoms with van der Waals surface area (Å²) in [6.07, 6.45) is -11.3. The molecule has 0 amide bonds. The van der Waals surface area contributed by atoms with Crippen LogP contribution in [0, 0.1) is 0 Å². The van der Waals surface area contributed by atoms with Gasteiger partial charge in [0, 0.05) is 32.6 Å². The van der Waals surface area contributed by atoms with E-state index < -0.39 is 41.8 Å². The third-order valence-corrected chi connectivity index (χ3v) is 7.89. The molecule has 0 unspecified atom stereocenters. The number of aromatic nitrogens is 1. The molecule has 0 saturated carbocycles. The highest BCUT2D eigenvalue weighted by molar-refractivity contribution is 9.10. The maximum atomic E-state index is 13.8. The van der Waals surface area contributed by atoms with E-state index in [-0.39, 0.29) is 32.2 Å². The predicted octanol–water partition coefficient (Wildman–Crippen LogP) is 5.88. The van der Waals surface area contributed by atoms with Crippen molar-refractivity contribution in [2.75, 3.05) is 0 Å². The van der Waals surface area contributed by atoms with Gasteiger partial charge in [-0.25, -0.2) is 4.98 Å². The van der Waals surface area contributed by atoms with Gasteiger partial charge in [-0.2, -0.15) is 46.9 Å². The summed E-state index contributed by atoms with van der Waals surface area (Å²) in [5.74, 6) is -0.0438. The molecule has 180 valence electrons. The van der Waals surface area contributed by atoms with Crippen molar-refractivity contribution in [3.63, 3.8) is 0 Å². The first kappa shape index (κ1) is 27.5. The largest absolute Gasteiger partial charge is 0.433 e. The zero-order valence-corrected chi connectivity index (χ0v) is 19.2. The van der Waals surface area contributed by atoms with Crippen LogP contribution in [0.4, 0.5) is 35.1 Å². The number of rotatable bonds is 7. The molecule has 0 saturated heterocycles. The van der Waals surface area contributed by atoms with Crippen molar-refractivity contribution in [2.45, 2.75) is 35.1 Å². The molecule has 5 nitrogen and oxygen atoms in total. The van der Waals surface area contributed by atoms with E-state index in [0.717, 1.165) is 36.2 Å². The minimum atomic E-state index is -6.04. The van der Waals surface area contributed by atoms with Crippen molar-refractivity contribution >= 4 is 46.6 Å². The van der Waals surface area contributed by atoms with E-state index in [4.69, 9.17) is 9.79 Å². The van der Waals surface area contributed by atoms with Crippen LogP contribution >= 0.6 is 46.6 Å². The molecule has 3 N–H and O–H groups in total. The Kier molecular flexibility index (Phi) is 7.83. The smallest absolute Gasteiger partial charge is 0.368 e. The van der Waals surface area contributed by atoms with Gasteiger partial charge >= 0.3 is 31.2 Å². The second-order valence-electron chi connectivity index (χ2n) is 6.23. The molecule has 0 spiro atoms. The lowest BCUT2D eigenvalue weighted by Gasteiger charge is -2.30. The van der Waals surface area contributed by atoms with Gasteiger partial charge < -0.3 is 14.9 Å². The Bertz CT molecular complexity index is 1010. The number of halogens is 9. The highest BCUT2D eigenvalue weighted by Gasteiger charge is 2.73. The van der Waals surface area contributed by atoms with Gasteiger partial charge in [-0.1, -0.05) is 28.1 Å². The zero-order valence-electron chi connectivity index (χ0n) is 15.1. The maximum Gasteiger partial charge on any atom is 0.433 e. The highest BCUT2D eigenvalue weighted by atomic mass is 79.9. The van der Waals surface area contributed by atoms with Gasteiger partial charge in [0.05, 0.1) is 0 Å². The number of thiazole rings is 1. The van der Waals surface area contributed by atoms with Crippen LogP contribution in [0.5, 0.6) is 0 Å². The van der Waals surface area contributed by atoms with Crippen molar-refractivity contribution in [1.82, 2.24) is 4.98 Å². The van der Waals surface area contributed by atoms with Crippen LogP contribution in [0.1, 0.15) is 21.0 Å². The average Bonchev–Trinajstić information content (AvgIpc) is 3.07. The third-order valence-electron chi connectivity index (χ3n) is 3.92. The van der Waals surface area contributed by atoms with Crippen LogP contribution in [0.25, 0.3) is 0 Å². The van der Waals surface area contributed by atoms with E-state index >= 15 is 0 Å². The van der Waals surface area contributed by atoms with Crippen molar-refractivity contribution in [3.05, 3.63) is 49.9 Å². The highest BCUT2D eigenvalue weighted by Crippen LogP contribution is 2.60. The van der Waals surface area contributed by atoms with Gasteiger partial charge in [0.15, 0.2) is 0 Å². The second-order valence-corrected chi connectivity index (χ2v) is 10.8. The summed E-state index contributed by atoms with van der Waals surface area (Å²) in [6.45, 7) is 0. The first-order chi connectivity index (χ1) is 14.3. The van der Waals surface area contributed by atoms with Gasteiger partial charge in [-0.15, -0.1) is 11.3 Å². The van der Waals surface area contributed by atoms with Crippen LogP contribution in [0.3, 0.4) is 0 Å². The maximum absolute atomic E-state index is 13.8. The second kappa shape index (κ2) is 9.12. The van der Waals surface area contributed by atoms with Crippen LogP contribution in [0.2, 0.25) is 0 Å². The number of hydrogen-bond acceptors (Lipinski definition) is 5. The molecule has 1 aromatic carbocycles. The van der Waals surface area contributed by atoms with Gasteiger partial charge in [-0.05, 0) is 11.6 Å². The number of alkyl halides is 8. The van der Waals surface area contributed by atoms with Crippen molar-refractivity contribution in [3.8, 4) is 0 Å². The lowest BCUT2D eigenvalue weighted by molar-refractivity contribution is -0.376. The molecule has 2 aromatic rings. The van der Waals surface area contributed by atoms with Crippen LogP contribution in [-0.4, -0.2) is 32.2 Å². The summed E-state index contributed by atoms with van der Waals surface area (Å²) in [5.41, 5.74) is -10.1. The Morgan fingerprint density at radius 3 is 2.06 bits per heavy atom. The molecule has 2 rings (SSSR count). The minimum absolute atomic E-state index is 0.0133. The fourth-order valence-corrected chi connectivity index (χ4v) is 5.72. The monoisotopic (exact) mass is 595 g/mol. The fourth-order valence-electron chi connectivity index (χ4n) is 2.26. The van der Waals surface area contributed by atoms with Gasteiger partial charge in [0.25, 0.3) is 0 Å². The third kappa shape index (κ3) is 5.31. The first-order valence-electron chi connectivity index (χ1n) is 7.93. The summed E-state index contributed by atoms with van der Waals surface area (Å²) in [6, 6.07) is 3.08. The van der Waals surface area contributed by atoms with E-state index in [1.165, 1.54) is 0 Å². The number of nitrogens with zero attached hydrogens (tertiary/aromatic N) is 1. The molecule has 0 atom stereocenters. The minimum Gasteiger partial charge on any atom is -0.368 e. The molecule has 0 fully saturated rings. The summed E-state index contributed by atoms with van der Waals surface area (Å²) in [4.78, 5) is 20.6. The summed E-state index contributed by atoms with van der Waals surface area (Å²) in [5, 5.41) is 7.74. The Hall–Kier alpha value is -0.770. The molecule has 0 radical (unpaired) electrons. The van der Waals surface area contributed by atoms with Crippen LogP contribution < -0.4 is 0 Å². The molecule has 0 aliphatic carbocycles. The number of benzene rings is 1. The first-order valence-corrected chi connectivity index (χ1v) is 12.3. The molecule has 1 aromatic heterocycles. The van der Waals surface area contributed by atoms with Crippen molar-refractivity contribution in [2.24, 2.45) is 0 Å². The van der Waals surface area contributed by atoms with Gasteiger partial charge in [-0.3, -0.25) is 4.57 Å². The Labute approximate surface area is 191 Å². The lowest BCUT2D eigenvalue weighted by Crippen LogP contribution is -2.53. The number of hydrogen-bond donors (Lipinski definition) is 3. The summed E-state index contributed by atoms with van der Waals surface area (Å²) < 4.78 is 116. The predicted molar refractivity (Wildman–Crippen MR) is 103 cm³/mol. The van der Waals surface area contributed by atoms with E-state index in [1.807, 2.05) is 0 Å². The Morgan fingerprint density at radius 1 is 1.03 bits per heavy atom. The fraction of sp³-hybridized carbons (Fsp3) is 0.400. The number of aliphatic hydroxyl groups is 1. The number of thioether (sulfide) groups is 1. The normalized spacial score (nSPS) is 14.1. The summed E-state index contributed by atoms with van der Waals surface area (Å²) >= 11 is 3.81. The SMILES string of the molecule is O=P(O)(O)C(F)(F)c1ccc(CSCc2cnc(C(O)(C(F)(F)F)C(F)(F)F)s2)cc1Br. The van der Waals surface area contributed by atoms with E-state index in [2.05, 4.69) is 20.9 Å². The van der Waals surface area contributed by atoms with Gasteiger partial charge in [0.2, 0.25) is 0 Å². The average molecular weight is 596 g/mol. The van der Waals surface area contributed by atoms with E-state index in [0.29, 0.717) is 5.56 Å². The molecule has 0 bridgehead atoms. The molecule has 1 heterocycles. The van der Waals surface area contributed by atoms with Gasteiger partial charge in [0.1, 0.15) is 5.01 Å². The van der Waals surface area contributed by atoms with E-state index in [1.54, 1.807) is 0 Å². The molecular formula is C15H11BrF8NO4PS2. The van der Waals surface area contributed by atoms with E-state index in [9.17, 15) is 44.8 Å². The molecule has 17 heteroatoms. The van der Waals surface area contributed by atoms with Crippen molar-refractivity contribution < 1.29 is 54.6 Å². The standard InChI is InChI=1S/C15H11BrF8NO4PS2/c16-10-3-7(1-2-9(10)13(17,18)30(27,28)29)5-31-6-8-4-25-11(32-8)12(26,14(19,20)21)15(22,23)24/h1-4,26H,5-6H2,(H2,27,28,29).